The minimum atomic E-state index is 0.772. The first-order valence-corrected chi connectivity index (χ1v) is 8.16. The first kappa shape index (κ1) is 15.4. The molecule has 0 aliphatic carbocycles. The average Bonchev–Trinajstić information content (AvgIpc) is 3.09. The lowest BCUT2D eigenvalue weighted by molar-refractivity contribution is -0.663. The van der Waals surface area contributed by atoms with Crippen LogP contribution in [0, 0.1) is 13.8 Å². The summed E-state index contributed by atoms with van der Waals surface area (Å²) in [6.45, 7) is 7.76. The van der Waals surface area contributed by atoms with Gasteiger partial charge >= 0.3 is 0 Å². The van der Waals surface area contributed by atoms with Crippen LogP contribution in [-0.4, -0.2) is 4.98 Å². The molecule has 0 radical (unpaired) electrons. The van der Waals surface area contributed by atoms with E-state index in [1.165, 1.54) is 0 Å². The van der Waals surface area contributed by atoms with Crippen molar-refractivity contribution in [2.45, 2.75) is 13.8 Å². The second-order valence-corrected chi connectivity index (χ2v) is 6.14. The molecule has 4 rings (SSSR count). The molecule has 4 aromatic rings. The average molecular weight is 331 g/mol. The third kappa shape index (κ3) is 2.30. The molecular weight excluding hydrogens is 312 g/mol. The Morgan fingerprint density at radius 3 is 2.68 bits per heavy atom. The smallest absolute Gasteiger partial charge is 0.286 e. The quantitative estimate of drug-likeness (QED) is 0.397. The number of rotatable bonds is 3. The van der Waals surface area contributed by atoms with Gasteiger partial charge in [-0.25, -0.2) is 4.57 Å². The summed E-state index contributed by atoms with van der Waals surface area (Å²) in [6.07, 6.45) is 9.19. The molecule has 0 fully saturated rings. The van der Waals surface area contributed by atoms with Crippen molar-refractivity contribution < 1.29 is 13.4 Å². The van der Waals surface area contributed by atoms with Gasteiger partial charge in [-0.15, -0.1) is 0 Å². The molecule has 0 aliphatic heterocycles. The van der Waals surface area contributed by atoms with Crippen LogP contribution in [0.15, 0.2) is 58.3 Å². The van der Waals surface area contributed by atoms with Gasteiger partial charge in [-0.3, -0.25) is 0 Å². The molecule has 0 saturated heterocycles. The van der Waals surface area contributed by atoms with Crippen LogP contribution >= 0.6 is 0 Å². The van der Waals surface area contributed by atoms with Crippen molar-refractivity contribution in [2.24, 2.45) is 7.05 Å². The summed E-state index contributed by atoms with van der Waals surface area (Å²) in [5, 5.41) is 0.980. The van der Waals surface area contributed by atoms with E-state index < -0.39 is 0 Å². The molecule has 0 spiro atoms. The van der Waals surface area contributed by atoms with Gasteiger partial charge in [0.2, 0.25) is 0 Å². The summed E-state index contributed by atoms with van der Waals surface area (Å²) in [4.78, 5) is 4.17. The molecule has 0 amide bonds. The molecule has 0 N–H and O–H groups in total. The first-order valence-electron chi connectivity index (χ1n) is 8.16. The fourth-order valence-corrected chi connectivity index (χ4v) is 3.25. The van der Waals surface area contributed by atoms with E-state index in [4.69, 9.17) is 8.83 Å². The molecule has 3 aromatic heterocycles. The van der Waals surface area contributed by atoms with Crippen molar-refractivity contribution in [1.82, 2.24) is 4.98 Å². The highest BCUT2D eigenvalue weighted by Crippen LogP contribution is 2.40. The number of nitrogens with zero attached hydrogens (tertiary/aromatic N) is 2. The number of furan rings is 2. The normalized spacial score (nSPS) is 11.8. The van der Waals surface area contributed by atoms with Crippen molar-refractivity contribution in [3.05, 3.63) is 66.3 Å². The highest BCUT2D eigenvalue weighted by Gasteiger charge is 2.22. The van der Waals surface area contributed by atoms with Crippen molar-refractivity contribution in [3.8, 4) is 11.3 Å². The van der Waals surface area contributed by atoms with Crippen molar-refractivity contribution >= 4 is 28.2 Å². The van der Waals surface area contributed by atoms with Crippen LogP contribution in [0.3, 0.4) is 0 Å². The zero-order valence-corrected chi connectivity index (χ0v) is 14.5. The lowest BCUT2D eigenvalue weighted by Gasteiger charge is -2.06. The Labute approximate surface area is 145 Å². The third-order valence-corrected chi connectivity index (χ3v) is 4.49. The maximum absolute atomic E-state index is 6.31. The zero-order valence-electron chi connectivity index (χ0n) is 14.5. The lowest BCUT2D eigenvalue weighted by atomic mass is 10.0. The second-order valence-electron chi connectivity index (χ2n) is 6.14. The number of aromatic nitrogens is 2. The van der Waals surface area contributed by atoms with Gasteiger partial charge in [0, 0.05) is 6.07 Å². The van der Waals surface area contributed by atoms with E-state index in [-0.39, 0.29) is 0 Å². The van der Waals surface area contributed by atoms with Crippen LogP contribution in [0.1, 0.15) is 16.9 Å². The molecule has 124 valence electrons. The summed E-state index contributed by atoms with van der Waals surface area (Å²) in [6, 6.07) is 6.16. The molecule has 4 nitrogen and oxygen atoms in total. The summed E-state index contributed by atoms with van der Waals surface area (Å²) in [7, 11) is 1.98. The SMILES string of the molecule is C=C/C=C\c1c(C)oc2c1oc1c(-c3ccnc[n+]3C)c(C)ccc12. The molecule has 4 heteroatoms. The van der Waals surface area contributed by atoms with Gasteiger partial charge in [-0.05, 0) is 31.6 Å². The fourth-order valence-electron chi connectivity index (χ4n) is 3.25. The van der Waals surface area contributed by atoms with Gasteiger partial charge in [0.1, 0.15) is 17.7 Å². The largest absolute Gasteiger partial charge is 0.457 e. The number of hydrogen-bond acceptors (Lipinski definition) is 3. The summed E-state index contributed by atoms with van der Waals surface area (Å²) < 4.78 is 14.3. The Morgan fingerprint density at radius 1 is 1.08 bits per heavy atom. The van der Waals surface area contributed by atoms with Crippen LogP contribution < -0.4 is 4.57 Å². The van der Waals surface area contributed by atoms with Gasteiger partial charge in [0.25, 0.3) is 6.33 Å². The second kappa shape index (κ2) is 5.74. The van der Waals surface area contributed by atoms with E-state index in [9.17, 15) is 0 Å². The number of hydrogen-bond donors (Lipinski definition) is 0. The third-order valence-electron chi connectivity index (χ3n) is 4.49. The zero-order chi connectivity index (χ0) is 17.6. The van der Waals surface area contributed by atoms with Crippen LogP contribution in [0.5, 0.6) is 0 Å². The molecule has 3 heterocycles. The van der Waals surface area contributed by atoms with Crippen molar-refractivity contribution in [3.63, 3.8) is 0 Å². The molecular formula is C21H19N2O2+. The molecule has 0 atom stereocenters. The molecule has 1 aromatic carbocycles. The van der Waals surface area contributed by atoms with E-state index in [0.717, 1.165) is 50.3 Å². The van der Waals surface area contributed by atoms with Gasteiger partial charge in [-0.1, -0.05) is 29.8 Å². The topological polar surface area (TPSA) is 43.1 Å². The monoisotopic (exact) mass is 331 g/mol. The summed E-state index contributed by atoms with van der Waals surface area (Å²) in [5.74, 6) is 0.838. The molecule has 0 unspecified atom stereocenters. The van der Waals surface area contributed by atoms with Crippen molar-refractivity contribution in [1.29, 1.82) is 0 Å². The molecule has 0 saturated carbocycles. The Morgan fingerprint density at radius 2 is 1.92 bits per heavy atom. The number of aryl methyl sites for hydroxylation is 3. The van der Waals surface area contributed by atoms with Crippen molar-refractivity contribution in [2.75, 3.05) is 0 Å². The van der Waals surface area contributed by atoms with Crippen LogP contribution in [0.2, 0.25) is 0 Å². The number of fused-ring (bicyclic) bond motifs is 3. The predicted molar refractivity (Wildman–Crippen MR) is 99.1 cm³/mol. The van der Waals surface area contributed by atoms with Crippen LogP contribution in [0.4, 0.5) is 0 Å². The van der Waals surface area contributed by atoms with Crippen LogP contribution in [-0.2, 0) is 7.05 Å². The Hall–Kier alpha value is -3.14. The van der Waals surface area contributed by atoms with E-state index in [0.29, 0.717) is 0 Å². The van der Waals surface area contributed by atoms with Gasteiger partial charge in [-0.2, -0.15) is 0 Å². The van der Waals surface area contributed by atoms with Crippen LogP contribution in [0.25, 0.3) is 39.5 Å². The van der Waals surface area contributed by atoms with Gasteiger partial charge in [0.15, 0.2) is 16.7 Å². The molecule has 0 bridgehead atoms. The highest BCUT2D eigenvalue weighted by atomic mass is 16.4. The first-order chi connectivity index (χ1) is 12.1. The minimum Gasteiger partial charge on any atom is -0.457 e. The number of allylic oxidation sites excluding steroid dienone is 2. The predicted octanol–water partition coefficient (Wildman–Crippen LogP) is 4.88. The lowest BCUT2D eigenvalue weighted by Crippen LogP contribution is -2.31. The van der Waals surface area contributed by atoms with Gasteiger partial charge in [0.05, 0.1) is 23.6 Å². The summed E-state index contributed by atoms with van der Waals surface area (Å²) >= 11 is 0. The maximum Gasteiger partial charge on any atom is 0.286 e. The van der Waals surface area contributed by atoms with Gasteiger partial charge < -0.3 is 8.83 Å². The van der Waals surface area contributed by atoms with E-state index in [2.05, 4.69) is 30.6 Å². The highest BCUT2D eigenvalue weighted by molar-refractivity contribution is 6.09. The van der Waals surface area contributed by atoms with E-state index >= 15 is 0 Å². The standard InChI is InChI=1S/C21H19N2O2/c1-5-6-7-15-14(3)24-21-16-9-8-13(2)18(19(16)25-20(15)21)17-10-11-22-12-23(17)4/h5-12H,1H2,2-4H3/q+1/b7-6-. The maximum atomic E-state index is 6.31. The Balaban J connectivity index is 2.10. The van der Waals surface area contributed by atoms with E-state index in [1.807, 2.05) is 36.8 Å². The molecule has 25 heavy (non-hydrogen) atoms. The van der Waals surface area contributed by atoms with E-state index in [1.54, 1.807) is 18.6 Å². The molecule has 0 aliphatic rings. The number of benzene rings is 1. The Bertz CT molecular complexity index is 1150. The summed E-state index contributed by atoms with van der Waals surface area (Å²) in [5.41, 5.74) is 6.60. The Kier molecular flexibility index (Phi) is 3.53. The fraction of sp³-hybridized carbons (Fsp3) is 0.143. The minimum absolute atomic E-state index is 0.772.